The highest BCUT2D eigenvalue weighted by Gasteiger charge is 2.13. The first-order chi connectivity index (χ1) is 10.1. The van der Waals surface area contributed by atoms with Gasteiger partial charge in [-0.25, -0.2) is 10.2 Å². The number of urea groups is 1. The molecule has 0 aliphatic rings. The number of hydrazine groups is 1. The van der Waals surface area contributed by atoms with Gasteiger partial charge in [0.15, 0.2) is 0 Å². The third-order valence-electron chi connectivity index (χ3n) is 2.86. The van der Waals surface area contributed by atoms with E-state index in [1.54, 1.807) is 37.3 Å². The SMILES string of the molecule is Cc1ccc(C(C)NC(=O)NNC(=O)c2ccccc2)o1. The maximum Gasteiger partial charge on any atom is 0.334 e. The maximum absolute atomic E-state index is 11.7. The van der Waals surface area contributed by atoms with Crippen LogP contribution in [0.5, 0.6) is 0 Å². The zero-order valence-electron chi connectivity index (χ0n) is 11.8. The molecule has 2 aromatic rings. The molecule has 21 heavy (non-hydrogen) atoms. The van der Waals surface area contributed by atoms with Crippen molar-refractivity contribution >= 4 is 11.9 Å². The number of hydrogen-bond acceptors (Lipinski definition) is 3. The van der Waals surface area contributed by atoms with Crippen molar-refractivity contribution in [3.63, 3.8) is 0 Å². The molecule has 0 saturated heterocycles. The Kier molecular flexibility index (Phi) is 4.61. The number of furan rings is 1. The fourth-order valence-electron chi connectivity index (χ4n) is 1.77. The molecule has 1 unspecified atom stereocenters. The number of hydrogen-bond donors (Lipinski definition) is 3. The Morgan fingerprint density at radius 1 is 1.05 bits per heavy atom. The van der Waals surface area contributed by atoms with Crippen molar-refractivity contribution in [2.75, 3.05) is 0 Å². The van der Waals surface area contributed by atoms with Crippen molar-refractivity contribution in [1.29, 1.82) is 0 Å². The lowest BCUT2D eigenvalue weighted by molar-refractivity contribution is 0.0936. The summed E-state index contributed by atoms with van der Waals surface area (Å²) >= 11 is 0. The van der Waals surface area contributed by atoms with Gasteiger partial charge in [-0.2, -0.15) is 0 Å². The van der Waals surface area contributed by atoms with Gasteiger partial charge >= 0.3 is 6.03 Å². The second-order valence-corrected chi connectivity index (χ2v) is 4.59. The Bertz CT molecular complexity index is 622. The molecule has 1 atom stereocenters. The van der Waals surface area contributed by atoms with E-state index in [1.165, 1.54) is 0 Å². The van der Waals surface area contributed by atoms with E-state index in [9.17, 15) is 9.59 Å². The highest BCUT2D eigenvalue weighted by atomic mass is 16.3. The quantitative estimate of drug-likeness (QED) is 0.757. The van der Waals surface area contributed by atoms with Crippen LogP contribution >= 0.6 is 0 Å². The van der Waals surface area contributed by atoms with Gasteiger partial charge in [0.05, 0.1) is 6.04 Å². The van der Waals surface area contributed by atoms with E-state index in [-0.39, 0.29) is 11.9 Å². The summed E-state index contributed by atoms with van der Waals surface area (Å²) in [4.78, 5) is 23.4. The van der Waals surface area contributed by atoms with Gasteiger partial charge in [0.25, 0.3) is 5.91 Å². The van der Waals surface area contributed by atoms with Crippen LogP contribution in [0.2, 0.25) is 0 Å². The summed E-state index contributed by atoms with van der Waals surface area (Å²) in [6, 6.07) is 11.4. The molecule has 3 N–H and O–H groups in total. The minimum Gasteiger partial charge on any atom is -0.464 e. The van der Waals surface area contributed by atoms with Gasteiger partial charge < -0.3 is 9.73 Å². The Balaban J connectivity index is 1.81. The fourth-order valence-corrected chi connectivity index (χ4v) is 1.77. The van der Waals surface area contributed by atoms with Gasteiger partial charge in [-0.1, -0.05) is 18.2 Å². The van der Waals surface area contributed by atoms with Crippen LogP contribution in [0.1, 0.15) is 34.8 Å². The summed E-state index contributed by atoms with van der Waals surface area (Å²) in [5, 5.41) is 2.66. The van der Waals surface area contributed by atoms with E-state index >= 15 is 0 Å². The second-order valence-electron chi connectivity index (χ2n) is 4.59. The number of nitrogens with one attached hydrogen (secondary N) is 3. The summed E-state index contributed by atoms with van der Waals surface area (Å²) < 4.78 is 5.41. The van der Waals surface area contributed by atoms with E-state index in [0.717, 1.165) is 5.76 Å². The molecule has 0 aliphatic carbocycles. The minimum absolute atomic E-state index is 0.299. The van der Waals surface area contributed by atoms with Crippen molar-refractivity contribution in [3.8, 4) is 0 Å². The minimum atomic E-state index is -0.513. The van der Waals surface area contributed by atoms with Crippen LogP contribution < -0.4 is 16.2 Å². The molecule has 0 bridgehead atoms. The molecule has 3 amide bonds. The van der Waals surface area contributed by atoms with Crippen LogP contribution in [0.15, 0.2) is 46.9 Å². The highest BCUT2D eigenvalue weighted by molar-refractivity contribution is 5.95. The zero-order valence-corrected chi connectivity index (χ0v) is 11.8. The molecule has 1 heterocycles. The largest absolute Gasteiger partial charge is 0.464 e. The van der Waals surface area contributed by atoms with Gasteiger partial charge in [0.1, 0.15) is 11.5 Å². The molecule has 6 heteroatoms. The maximum atomic E-state index is 11.7. The first kappa shape index (κ1) is 14.6. The van der Waals surface area contributed by atoms with E-state index in [1.807, 2.05) is 19.1 Å². The molecule has 110 valence electrons. The third-order valence-corrected chi connectivity index (χ3v) is 2.86. The molecule has 0 saturated carbocycles. The zero-order chi connectivity index (χ0) is 15.2. The van der Waals surface area contributed by atoms with Gasteiger partial charge in [-0.3, -0.25) is 10.2 Å². The molecular weight excluding hydrogens is 270 g/mol. The van der Waals surface area contributed by atoms with Crippen molar-refractivity contribution in [1.82, 2.24) is 16.2 Å². The molecule has 1 aromatic heterocycles. The third kappa shape index (κ3) is 4.10. The molecule has 0 aliphatic heterocycles. The van der Waals surface area contributed by atoms with Crippen LogP contribution in [-0.4, -0.2) is 11.9 Å². The van der Waals surface area contributed by atoms with Crippen LogP contribution in [0.25, 0.3) is 0 Å². The predicted octanol–water partition coefficient (Wildman–Crippen LogP) is 2.29. The molecule has 1 aromatic carbocycles. The summed E-state index contributed by atoms with van der Waals surface area (Å²) in [6.45, 7) is 3.62. The Morgan fingerprint density at radius 3 is 2.38 bits per heavy atom. The molecule has 6 nitrogen and oxygen atoms in total. The van der Waals surface area contributed by atoms with Gasteiger partial charge in [0.2, 0.25) is 0 Å². The number of aryl methyl sites for hydroxylation is 1. The summed E-state index contributed by atoms with van der Waals surface area (Å²) in [6.07, 6.45) is 0. The predicted molar refractivity (Wildman–Crippen MR) is 77.4 cm³/mol. The van der Waals surface area contributed by atoms with Crippen LogP contribution in [-0.2, 0) is 0 Å². The number of benzene rings is 1. The second kappa shape index (κ2) is 6.60. The van der Waals surface area contributed by atoms with Crippen molar-refractivity contribution < 1.29 is 14.0 Å². The van der Waals surface area contributed by atoms with Gasteiger partial charge in [-0.15, -0.1) is 0 Å². The number of carbonyl (C=O) groups excluding carboxylic acids is 2. The smallest absolute Gasteiger partial charge is 0.334 e. The lowest BCUT2D eigenvalue weighted by Gasteiger charge is -2.13. The van der Waals surface area contributed by atoms with E-state index in [2.05, 4.69) is 16.2 Å². The topological polar surface area (TPSA) is 83.4 Å². The first-order valence-corrected chi connectivity index (χ1v) is 6.54. The van der Waals surface area contributed by atoms with E-state index < -0.39 is 6.03 Å². The van der Waals surface area contributed by atoms with Crippen LogP contribution in [0, 0.1) is 6.92 Å². The van der Waals surface area contributed by atoms with Crippen LogP contribution in [0.4, 0.5) is 4.79 Å². The number of amides is 3. The molecule has 0 spiro atoms. The summed E-state index contributed by atoms with van der Waals surface area (Å²) in [7, 11) is 0. The lowest BCUT2D eigenvalue weighted by atomic mass is 10.2. The average Bonchev–Trinajstić information content (AvgIpc) is 2.92. The lowest BCUT2D eigenvalue weighted by Crippen LogP contribution is -2.47. The fraction of sp³-hybridized carbons (Fsp3) is 0.200. The molecular formula is C15H17N3O3. The Morgan fingerprint density at radius 2 is 1.76 bits per heavy atom. The monoisotopic (exact) mass is 287 g/mol. The van der Waals surface area contributed by atoms with Crippen molar-refractivity contribution in [3.05, 3.63) is 59.5 Å². The van der Waals surface area contributed by atoms with Gasteiger partial charge in [-0.05, 0) is 38.1 Å². The standard InChI is InChI=1S/C15H17N3O3/c1-10-8-9-13(21-10)11(2)16-15(20)18-17-14(19)12-6-4-3-5-7-12/h3-9,11H,1-2H3,(H,17,19)(H2,16,18,20). The average molecular weight is 287 g/mol. The highest BCUT2D eigenvalue weighted by Crippen LogP contribution is 2.14. The van der Waals surface area contributed by atoms with E-state index in [4.69, 9.17) is 4.42 Å². The van der Waals surface area contributed by atoms with E-state index in [0.29, 0.717) is 11.3 Å². The Labute approximate surface area is 122 Å². The van der Waals surface area contributed by atoms with Crippen molar-refractivity contribution in [2.45, 2.75) is 19.9 Å². The van der Waals surface area contributed by atoms with Crippen LogP contribution in [0.3, 0.4) is 0 Å². The van der Waals surface area contributed by atoms with Gasteiger partial charge in [0, 0.05) is 5.56 Å². The summed E-state index contributed by atoms with van der Waals surface area (Å²) in [5.41, 5.74) is 5.09. The number of rotatable bonds is 3. The van der Waals surface area contributed by atoms with Crippen molar-refractivity contribution in [2.24, 2.45) is 0 Å². The first-order valence-electron chi connectivity index (χ1n) is 6.54. The number of carbonyl (C=O) groups is 2. The normalized spacial score (nSPS) is 11.5. The molecule has 2 rings (SSSR count). The Hall–Kier alpha value is -2.76. The molecule has 0 radical (unpaired) electrons. The molecule has 0 fully saturated rings. The summed E-state index contributed by atoms with van der Waals surface area (Å²) in [5.74, 6) is 1.04.